The third kappa shape index (κ3) is 2.66. The summed E-state index contributed by atoms with van der Waals surface area (Å²) in [5.74, 6) is 2.92. The zero-order valence-corrected chi connectivity index (χ0v) is 12.3. The summed E-state index contributed by atoms with van der Waals surface area (Å²) >= 11 is 7.28. The van der Waals surface area contributed by atoms with Crippen LogP contribution in [0.15, 0.2) is 40.4 Å². The van der Waals surface area contributed by atoms with Crippen LogP contribution >= 0.6 is 23.4 Å². The van der Waals surface area contributed by atoms with E-state index in [1.807, 2.05) is 12.1 Å². The van der Waals surface area contributed by atoms with Crippen molar-refractivity contribution in [2.75, 3.05) is 5.75 Å². The van der Waals surface area contributed by atoms with Crippen molar-refractivity contribution in [2.45, 2.75) is 5.16 Å². The van der Waals surface area contributed by atoms with Crippen molar-refractivity contribution in [1.29, 1.82) is 0 Å². The summed E-state index contributed by atoms with van der Waals surface area (Å²) in [5.41, 5.74) is 0.969. The molecule has 0 radical (unpaired) electrons. The summed E-state index contributed by atoms with van der Waals surface area (Å²) in [4.78, 5) is 19.1. The number of hydrogen-bond donors (Lipinski definition) is 1. The molecular formula is C14H9ClN4OS. The molecule has 0 aliphatic heterocycles. The van der Waals surface area contributed by atoms with Gasteiger partial charge in [0.2, 0.25) is 0 Å². The monoisotopic (exact) mass is 316 g/mol. The molecule has 0 saturated carbocycles. The zero-order chi connectivity index (χ0) is 14.8. The van der Waals surface area contributed by atoms with Crippen LogP contribution in [0.4, 0.5) is 0 Å². The van der Waals surface area contributed by atoms with Gasteiger partial charge in [0.05, 0.1) is 17.6 Å². The Labute approximate surface area is 129 Å². The molecule has 0 aliphatic rings. The van der Waals surface area contributed by atoms with Crippen molar-refractivity contribution in [2.24, 2.45) is 0 Å². The van der Waals surface area contributed by atoms with Crippen molar-refractivity contribution in [1.82, 2.24) is 19.7 Å². The summed E-state index contributed by atoms with van der Waals surface area (Å²) in [7, 11) is 0. The molecule has 0 saturated heterocycles. The van der Waals surface area contributed by atoms with Gasteiger partial charge in [-0.05, 0) is 18.2 Å². The van der Waals surface area contributed by atoms with E-state index in [0.717, 1.165) is 5.69 Å². The quantitative estimate of drug-likeness (QED) is 0.458. The fourth-order valence-electron chi connectivity index (χ4n) is 1.87. The largest absolute Gasteiger partial charge is 0.301 e. The van der Waals surface area contributed by atoms with Gasteiger partial charge in [-0.3, -0.25) is 4.79 Å². The molecule has 0 spiro atoms. The van der Waals surface area contributed by atoms with Crippen LogP contribution in [0.1, 0.15) is 0 Å². The fourth-order valence-corrected chi connectivity index (χ4v) is 2.59. The lowest BCUT2D eigenvalue weighted by atomic mass is 10.3. The Morgan fingerprint density at radius 2 is 2.33 bits per heavy atom. The molecule has 1 N–H and O–H groups in total. The van der Waals surface area contributed by atoms with Crippen molar-refractivity contribution in [3.8, 4) is 18.0 Å². The third-order valence-electron chi connectivity index (χ3n) is 2.76. The number of halogens is 1. The highest BCUT2D eigenvalue weighted by molar-refractivity contribution is 7.99. The molecule has 0 fully saturated rings. The molecule has 0 aliphatic carbocycles. The first-order valence-electron chi connectivity index (χ1n) is 5.99. The Morgan fingerprint density at radius 1 is 1.48 bits per heavy atom. The summed E-state index contributed by atoms with van der Waals surface area (Å²) in [6.07, 6.45) is 6.71. The fraction of sp³-hybridized carbons (Fsp3) is 0.0714. The molecule has 3 aromatic rings. The van der Waals surface area contributed by atoms with E-state index in [1.54, 1.807) is 16.8 Å². The normalized spacial score (nSPS) is 10.7. The highest BCUT2D eigenvalue weighted by atomic mass is 35.5. The van der Waals surface area contributed by atoms with Crippen molar-refractivity contribution < 1.29 is 0 Å². The second-order valence-electron chi connectivity index (χ2n) is 4.14. The molecule has 0 unspecified atom stereocenters. The average molecular weight is 317 g/mol. The molecule has 3 rings (SSSR count). The molecule has 0 amide bonds. The highest BCUT2D eigenvalue weighted by Crippen LogP contribution is 2.19. The van der Waals surface area contributed by atoms with Crippen LogP contribution in [0.25, 0.3) is 16.7 Å². The maximum atomic E-state index is 12.0. The van der Waals surface area contributed by atoms with Gasteiger partial charge in [0.1, 0.15) is 5.39 Å². The summed E-state index contributed by atoms with van der Waals surface area (Å²) in [5, 5.41) is 5.68. The highest BCUT2D eigenvalue weighted by Gasteiger charge is 2.11. The number of nitrogens with one attached hydrogen (secondary N) is 1. The minimum Gasteiger partial charge on any atom is -0.301 e. The van der Waals surface area contributed by atoms with Gasteiger partial charge >= 0.3 is 0 Å². The predicted molar refractivity (Wildman–Crippen MR) is 84.1 cm³/mol. The lowest BCUT2D eigenvalue weighted by Gasteiger charge is -2.04. The number of fused-ring (bicyclic) bond motifs is 1. The van der Waals surface area contributed by atoms with Crippen molar-refractivity contribution >= 4 is 34.4 Å². The van der Waals surface area contributed by atoms with Gasteiger partial charge in [-0.2, -0.15) is 5.10 Å². The summed E-state index contributed by atoms with van der Waals surface area (Å²) in [6, 6.07) is 7.18. The van der Waals surface area contributed by atoms with Crippen LogP contribution in [0.2, 0.25) is 5.02 Å². The SMILES string of the molecule is C#CCSc1nc2c(cnn2-c2cccc(Cl)c2)c(=O)[nH]1. The number of aromatic amines is 1. The second kappa shape index (κ2) is 5.64. The minimum absolute atomic E-state index is 0.243. The Hall–Kier alpha value is -2.23. The van der Waals surface area contributed by atoms with Gasteiger partial charge in [-0.1, -0.05) is 35.3 Å². The number of hydrogen-bond acceptors (Lipinski definition) is 4. The van der Waals surface area contributed by atoms with Crippen LogP contribution in [0.3, 0.4) is 0 Å². The smallest absolute Gasteiger partial charge is 0.262 e. The maximum absolute atomic E-state index is 12.0. The van der Waals surface area contributed by atoms with Gasteiger partial charge in [0.15, 0.2) is 10.8 Å². The average Bonchev–Trinajstić information content (AvgIpc) is 2.89. The van der Waals surface area contributed by atoms with Crippen LogP contribution in [0, 0.1) is 12.3 Å². The second-order valence-corrected chi connectivity index (χ2v) is 5.54. The van der Waals surface area contributed by atoms with Crippen LogP contribution in [-0.4, -0.2) is 25.5 Å². The number of thioether (sulfide) groups is 1. The topological polar surface area (TPSA) is 63.6 Å². The number of terminal acetylenes is 1. The first-order valence-corrected chi connectivity index (χ1v) is 7.35. The number of nitrogens with zero attached hydrogens (tertiary/aromatic N) is 3. The van der Waals surface area contributed by atoms with E-state index in [-0.39, 0.29) is 5.56 Å². The van der Waals surface area contributed by atoms with E-state index >= 15 is 0 Å². The van der Waals surface area contributed by atoms with Gasteiger partial charge in [0.25, 0.3) is 5.56 Å². The first kappa shape index (κ1) is 13.7. The molecule has 2 heterocycles. The standard InChI is InChI=1S/C14H9ClN4OS/c1-2-6-21-14-17-12-11(13(20)18-14)8-16-19(12)10-5-3-4-9(15)7-10/h1,3-5,7-8H,6H2,(H,17,18,20). The molecule has 7 heteroatoms. The molecule has 5 nitrogen and oxygen atoms in total. The Bertz CT molecular complexity index is 909. The molecule has 2 aromatic heterocycles. The Balaban J connectivity index is 2.18. The van der Waals surface area contributed by atoms with E-state index in [2.05, 4.69) is 21.0 Å². The van der Waals surface area contributed by atoms with Crippen molar-refractivity contribution in [3.63, 3.8) is 0 Å². The molecule has 104 valence electrons. The molecule has 21 heavy (non-hydrogen) atoms. The van der Waals surface area contributed by atoms with E-state index in [0.29, 0.717) is 27.0 Å². The summed E-state index contributed by atoms with van der Waals surface area (Å²) < 4.78 is 1.58. The number of H-pyrrole nitrogens is 1. The van der Waals surface area contributed by atoms with E-state index in [9.17, 15) is 4.79 Å². The van der Waals surface area contributed by atoms with Crippen molar-refractivity contribution in [3.05, 3.63) is 45.8 Å². The number of benzene rings is 1. The van der Waals surface area contributed by atoms with E-state index in [1.165, 1.54) is 18.0 Å². The van der Waals surface area contributed by atoms with Gasteiger partial charge in [0, 0.05) is 5.02 Å². The van der Waals surface area contributed by atoms with Gasteiger partial charge in [-0.25, -0.2) is 9.67 Å². The minimum atomic E-state index is -0.243. The first-order chi connectivity index (χ1) is 10.2. The Morgan fingerprint density at radius 3 is 3.10 bits per heavy atom. The lowest BCUT2D eigenvalue weighted by molar-refractivity contribution is 0.873. The number of aromatic nitrogens is 4. The predicted octanol–water partition coefficient (Wildman–Crippen LogP) is 2.49. The van der Waals surface area contributed by atoms with Crippen LogP contribution in [0.5, 0.6) is 0 Å². The van der Waals surface area contributed by atoms with Gasteiger partial charge in [-0.15, -0.1) is 6.42 Å². The van der Waals surface area contributed by atoms with Crippen LogP contribution < -0.4 is 5.56 Å². The van der Waals surface area contributed by atoms with E-state index < -0.39 is 0 Å². The van der Waals surface area contributed by atoms with Crippen LogP contribution in [-0.2, 0) is 0 Å². The van der Waals surface area contributed by atoms with E-state index in [4.69, 9.17) is 18.0 Å². The third-order valence-corrected chi connectivity index (χ3v) is 3.77. The number of rotatable bonds is 3. The molecule has 0 bridgehead atoms. The molecule has 0 atom stereocenters. The Kier molecular flexibility index (Phi) is 3.69. The zero-order valence-electron chi connectivity index (χ0n) is 10.7. The van der Waals surface area contributed by atoms with Gasteiger partial charge < -0.3 is 4.98 Å². The molecular weight excluding hydrogens is 308 g/mol. The summed E-state index contributed by atoms with van der Waals surface area (Å²) in [6.45, 7) is 0. The lowest BCUT2D eigenvalue weighted by Crippen LogP contribution is -2.09. The maximum Gasteiger partial charge on any atom is 0.262 e. The molecule has 1 aromatic carbocycles.